The summed E-state index contributed by atoms with van der Waals surface area (Å²) in [6.07, 6.45) is 3.03. The minimum Gasteiger partial charge on any atom is -0.432 e. The molecule has 4 aliphatic carbocycles. The third kappa shape index (κ3) is 3.53. The van der Waals surface area contributed by atoms with Crippen molar-refractivity contribution in [1.82, 2.24) is 0 Å². The van der Waals surface area contributed by atoms with E-state index in [2.05, 4.69) is 0 Å². The molecule has 0 aliphatic heterocycles. The molecule has 8 atom stereocenters. The Balaban J connectivity index is 1.61. The minimum absolute atomic E-state index is 0.0360. The fraction of sp³-hybridized carbons (Fsp3) is 0.731. The normalized spacial score (nSPS) is 44.1. The van der Waals surface area contributed by atoms with E-state index in [1.54, 1.807) is 26.8 Å². The molecule has 3 fully saturated rings. The van der Waals surface area contributed by atoms with E-state index in [4.69, 9.17) is 14.2 Å². The van der Waals surface area contributed by atoms with Crippen molar-refractivity contribution in [3.63, 3.8) is 0 Å². The number of carbonyl (C=O) groups is 3. The van der Waals surface area contributed by atoms with Gasteiger partial charge in [0.15, 0.2) is 18.1 Å². The van der Waals surface area contributed by atoms with E-state index in [1.165, 1.54) is 19.3 Å². The van der Waals surface area contributed by atoms with Gasteiger partial charge in [0.1, 0.15) is 12.2 Å². The van der Waals surface area contributed by atoms with Crippen molar-refractivity contribution in [1.29, 1.82) is 0 Å². The van der Waals surface area contributed by atoms with E-state index in [-0.39, 0.29) is 25.4 Å². The van der Waals surface area contributed by atoms with Crippen LogP contribution in [0.2, 0.25) is 0 Å². The molecule has 0 radical (unpaired) electrons. The van der Waals surface area contributed by atoms with E-state index in [9.17, 15) is 24.6 Å². The first-order chi connectivity index (χ1) is 16.4. The number of rotatable bonds is 6. The lowest BCUT2D eigenvalue weighted by atomic mass is 9.44. The highest BCUT2D eigenvalue weighted by Crippen LogP contribution is 2.70. The Hall–Kier alpha value is -2.10. The van der Waals surface area contributed by atoms with Crippen LogP contribution >= 0.6 is 0 Å². The van der Waals surface area contributed by atoms with E-state index in [0.717, 1.165) is 0 Å². The second-order valence-electron chi connectivity index (χ2n) is 11.0. The average Bonchev–Trinajstić information content (AvgIpc) is 3.00. The van der Waals surface area contributed by atoms with Gasteiger partial charge in [-0.1, -0.05) is 25.5 Å². The third-order valence-electron chi connectivity index (χ3n) is 9.48. The van der Waals surface area contributed by atoms with Gasteiger partial charge in [0.2, 0.25) is 5.78 Å². The second kappa shape index (κ2) is 8.78. The maximum atomic E-state index is 17.1. The number of aliphatic hydroxyl groups excluding tert-OH is 1. The van der Waals surface area contributed by atoms with Gasteiger partial charge < -0.3 is 24.4 Å². The molecule has 4 aliphatic rings. The molecule has 2 N–H and O–H groups in total. The summed E-state index contributed by atoms with van der Waals surface area (Å²) in [5.41, 5.74) is -5.56. The fourth-order valence-corrected chi connectivity index (χ4v) is 7.63. The molecule has 35 heavy (non-hydrogen) atoms. The van der Waals surface area contributed by atoms with Crippen molar-refractivity contribution in [2.75, 3.05) is 26.9 Å². The molecule has 0 aromatic rings. The topological polar surface area (TPSA) is 119 Å². The number of methoxy groups -OCH3 is 1. The van der Waals surface area contributed by atoms with Gasteiger partial charge in [-0.3, -0.25) is 9.59 Å². The zero-order valence-corrected chi connectivity index (χ0v) is 20.7. The lowest BCUT2D eigenvalue weighted by Crippen LogP contribution is -2.69. The molecular weight excluding hydrogens is 459 g/mol. The quantitative estimate of drug-likeness (QED) is 0.427. The zero-order chi connectivity index (χ0) is 25.8. The van der Waals surface area contributed by atoms with Gasteiger partial charge in [-0.05, 0) is 56.6 Å². The summed E-state index contributed by atoms with van der Waals surface area (Å²) in [5, 5.41) is 23.2. The predicted octanol–water partition coefficient (Wildman–Crippen LogP) is 2.70. The highest BCUT2D eigenvalue weighted by molar-refractivity contribution is 6.01. The van der Waals surface area contributed by atoms with Crippen LogP contribution in [-0.4, -0.2) is 72.2 Å². The largest absolute Gasteiger partial charge is 0.508 e. The van der Waals surface area contributed by atoms with E-state index in [0.29, 0.717) is 24.8 Å². The van der Waals surface area contributed by atoms with Gasteiger partial charge in [0.05, 0.1) is 12.7 Å². The number of hydrogen-bond acceptors (Lipinski definition) is 8. The SMILES string of the molecule is COCCOC(=O)OCC(=O)[C@@]1(O)[C@H](C)C[C@H]2[C@@H]3CCC4=CC(=O)C=C[C@]4(C)[C@@]3(F)[C@@H](O)C[C@@]21C. The Morgan fingerprint density at radius 2 is 1.91 bits per heavy atom. The molecule has 8 nitrogen and oxygen atoms in total. The molecule has 0 aromatic carbocycles. The van der Waals surface area contributed by atoms with Crippen LogP contribution < -0.4 is 0 Å². The highest BCUT2D eigenvalue weighted by Gasteiger charge is 2.75. The van der Waals surface area contributed by atoms with Gasteiger partial charge in [0.25, 0.3) is 0 Å². The standard InChI is InChI=1S/C26H35FO8/c1-15-11-19-18-6-5-16-12-17(28)7-8-23(16,2)25(18,27)20(29)13-24(19,3)26(15,32)21(30)14-35-22(31)34-10-9-33-4/h7-8,12,15,18-20,29,32H,5-6,9-11,13-14H2,1-4H3/t15-,18+,19+,20+,23+,24+,25+,26+/m1/s1. The van der Waals surface area contributed by atoms with Crippen LogP contribution in [0.1, 0.15) is 46.5 Å². The van der Waals surface area contributed by atoms with Crippen molar-refractivity contribution < 1.29 is 43.2 Å². The molecule has 0 saturated heterocycles. The number of fused-ring (bicyclic) bond motifs is 5. The average molecular weight is 495 g/mol. The smallest absolute Gasteiger partial charge is 0.432 e. The molecule has 3 saturated carbocycles. The Labute approximate surface area is 204 Å². The van der Waals surface area contributed by atoms with Crippen molar-refractivity contribution >= 4 is 17.7 Å². The number of hydrogen-bond donors (Lipinski definition) is 2. The summed E-state index contributed by atoms with van der Waals surface area (Å²) in [6, 6.07) is 0. The summed E-state index contributed by atoms with van der Waals surface area (Å²) >= 11 is 0. The van der Waals surface area contributed by atoms with Crippen molar-refractivity contribution in [2.45, 2.75) is 63.8 Å². The Morgan fingerprint density at radius 3 is 2.60 bits per heavy atom. The molecule has 0 bridgehead atoms. The van der Waals surface area contributed by atoms with Crippen LogP contribution in [0.15, 0.2) is 23.8 Å². The van der Waals surface area contributed by atoms with Crippen molar-refractivity contribution in [3.05, 3.63) is 23.8 Å². The highest BCUT2D eigenvalue weighted by atomic mass is 19.1. The lowest BCUT2D eigenvalue weighted by molar-refractivity contribution is -0.219. The second-order valence-corrected chi connectivity index (χ2v) is 11.0. The van der Waals surface area contributed by atoms with Gasteiger partial charge in [0, 0.05) is 23.9 Å². The van der Waals surface area contributed by atoms with Crippen LogP contribution in [0.25, 0.3) is 0 Å². The van der Waals surface area contributed by atoms with Gasteiger partial charge in [-0.25, -0.2) is 9.18 Å². The first-order valence-corrected chi connectivity index (χ1v) is 12.2. The zero-order valence-electron chi connectivity index (χ0n) is 20.7. The van der Waals surface area contributed by atoms with Gasteiger partial charge in [-0.15, -0.1) is 0 Å². The fourth-order valence-electron chi connectivity index (χ4n) is 7.63. The molecule has 0 heterocycles. The Kier molecular flexibility index (Phi) is 6.52. The Bertz CT molecular complexity index is 976. The number of carbonyl (C=O) groups excluding carboxylic acids is 3. The van der Waals surface area contributed by atoms with Crippen LogP contribution in [0.4, 0.5) is 9.18 Å². The van der Waals surface area contributed by atoms with Crippen molar-refractivity contribution in [2.24, 2.45) is 28.6 Å². The molecule has 194 valence electrons. The molecule has 0 aromatic heterocycles. The molecule has 0 spiro atoms. The molecule has 0 unspecified atom stereocenters. The Morgan fingerprint density at radius 1 is 1.20 bits per heavy atom. The van der Waals surface area contributed by atoms with E-state index < -0.39 is 64.5 Å². The maximum Gasteiger partial charge on any atom is 0.508 e. The van der Waals surface area contributed by atoms with Gasteiger partial charge >= 0.3 is 6.16 Å². The molecular formula is C26H35FO8. The summed E-state index contributed by atoms with van der Waals surface area (Å²) in [6.45, 7) is 4.63. The molecule has 4 rings (SSSR count). The molecule has 9 heteroatoms. The first-order valence-electron chi connectivity index (χ1n) is 12.2. The summed E-state index contributed by atoms with van der Waals surface area (Å²) in [4.78, 5) is 37.1. The maximum absolute atomic E-state index is 17.1. The number of ketones is 2. The third-order valence-corrected chi connectivity index (χ3v) is 9.48. The number of halogens is 1. The number of Topliss-reactive ketones (excluding diaryl/α,β-unsaturated/α-hetero) is 1. The molecule has 0 amide bonds. The number of aliphatic hydroxyl groups is 2. The summed E-state index contributed by atoms with van der Waals surface area (Å²) < 4.78 is 31.7. The monoisotopic (exact) mass is 494 g/mol. The van der Waals surface area contributed by atoms with Crippen LogP contribution in [-0.2, 0) is 23.8 Å². The van der Waals surface area contributed by atoms with Crippen LogP contribution in [0.5, 0.6) is 0 Å². The summed E-state index contributed by atoms with van der Waals surface area (Å²) in [7, 11) is 1.45. The van der Waals surface area contributed by atoms with Crippen LogP contribution in [0, 0.1) is 28.6 Å². The predicted molar refractivity (Wildman–Crippen MR) is 122 cm³/mol. The number of alkyl halides is 1. The van der Waals surface area contributed by atoms with Crippen LogP contribution in [0.3, 0.4) is 0 Å². The lowest BCUT2D eigenvalue weighted by Gasteiger charge is -2.62. The van der Waals surface area contributed by atoms with E-state index >= 15 is 4.39 Å². The number of ether oxygens (including phenoxy) is 3. The van der Waals surface area contributed by atoms with Gasteiger partial charge in [-0.2, -0.15) is 0 Å². The first kappa shape index (κ1) is 26.0. The van der Waals surface area contributed by atoms with Crippen molar-refractivity contribution in [3.8, 4) is 0 Å². The minimum atomic E-state index is -2.05. The summed E-state index contributed by atoms with van der Waals surface area (Å²) in [5.74, 6) is -2.44. The number of allylic oxidation sites excluding steroid dienone is 4. The van der Waals surface area contributed by atoms with E-state index in [1.807, 2.05) is 0 Å².